The second-order valence-corrected chi connectivity index (χ2v) is 5.83. The van der Waals surface area contributed by atoms with Crippen molar-refractivity contribution >= 4 is 5.91 Å². The minimum Gasteiger partial charge on any atom is -0.350 e. The predicted molar refractivity (Wildman–Crippen MR) is 72.0 cm³/mol. The van der Waals surface area contributed by atoms with Gasteiger partial charge in [0.1, 0.15) is 0 Å². The van der Waals surface area contributed by atoms with Crippen molar-refractivity contribution in [2.75, 3.05) is 19.6 Å². The molecule has 1 amide bonds. The van der Waals surface area contributed by atoms with Gasteiger partial charge < -0.3 is 5.32 Å². The van der Waals surface area contributed by atoms with Gasteiger partial charge in [-0.1, -0.05) is 26.2 Å². The van der Waals surface area contributed by atoms with Gasteiger partial charge in [-0.25, -0.2) is 0 Å². The first-order valence-corrected chi connectivity index (χ1v) is 7.07. The quantitative estimate of drug-likeness (QED) is 0.819. The monoisotopic (exact) mass is 240 g/mol. The van der Waals surface area contributed by atoms with Crippen molar-refractivity contribution in [1.82, 2.24) is 10.2 Å². The van der Waals surface area contributed by atoms with Crippen LogP contribution in [-0.2, 0) is 4.79 Å². The number of carbonyl (C=O) groups is 1. The van der Waals surface area contributed by atoms with Crippen LogP contribution in [0.1, 0.15) is 59.3 Å². The van der Waals surface area contributed by atoms with Crippen LogP contribution in [0.3, 0.4) is 0 Å². The Morgan fingerprint density at radius 3 is 2.18 bits per heavy atom. The lowest BCUT2D eigenvalue weighted by Crippen LogP contribution is -2.47. The Kier molecular flexibility index (Phi) is 5.96. The molecule has 0 aliphatic carbocycles. The number of amides is 1. The van der Waals surface area contributed by atoms with Gasteiger partial charge in [0.15, 0.2) is 0 Å². The first kappa shape index (κ1) is 14.5. The van der Waals surface area contributed by atoms with E-state index in [0.717, 1.165) is 19.5 Å². The third-order valence-electron chi connectivity index (χ3n) is 3.68. The van der Waals surface area contributed by atoms with Crippen molar-refractivity contribution in [2.24, 2.45) is 0 Å². The van der Waals surface area contributed by atoms with E-state index in [-0.39, 0.29) is 11.4 Å². The summed E-state index contributed by atoms with van der Waals surface area (Å²) in [5.41, 5.74) is -0.0696. The molecule has 3 nitrogen and oxygen atoms in total. The summed E-state index contributed by atoms with van der Waals surface area (Å²) < 4.78 is 0. The van der Waals surface area contributed by atoms with E-state index in [9.17, 15) is 4.79 Å². The van der Waals surface area contributed by atoms with Crippen LogP contribution in [0.2, 0.25) is 0 Å². The summed E-state index contributed by atoms with van der Waals surface area (Å²) in [5, 5.41) is 3.11. The first-order chi connectivity index (χ1) is 8.03. The fourth-order valence-corrected chi connectivity index (χ4v) is 2.18. The lowest BCUT2D eigenvalue weighted by atomic mass is 10.0. The molecule has 1 aliphatic rings. The van der Waals surface area contributed by atoms with Crippen molar-refractivity contribution in [3.05, 3.63) is 0 Å². The van der Waals surface area contributed by atoms with Gasteiger partial charge in [-0.2, -0.15) is 0 Å². The van der Waals surface area contributed by atoms with Crippen molar-refractivity contribution in [2.45, 2.75) is 64.8 Å². The lowest BCUT2D eigenvalue weighted by molar-refractivity contribution is -0.124. The summed E-state index contributed by atoms with van der Waals surface area (Å²) in [6, 6.07) is 0. The number of hydrogen-bond donors (Lipinski definition) is 1. The van der Waals surface area contributed by atoms with Gasteiger partial charge in [0.2, 0.25) is 5.91 Å². The highest BCUT2D eigenvalue weighted by Crippen LogP contribution is 2.11. The zero-order chi connectivity index (χ0) is 12.7. The minimum atomic E-state index is -0.0696. The summed E-state index contributed by atoms with van der Waals surface area (Å²) in [6.45, 7) is 9.01. The molecule has 0 aromatic rings. The molecule has 0 unspecified atom stereocenters. The van der Waals surface area contributed by atoms with Gasteiger partial charge in [0.05, 0.1) is 6.54 Å². The van der Waals surface area contributed by atoms with E-state index < -0.39 is 0 Å². The van der Waals surface area contributed by atoms with E-state index >= 15 is 0 Å². The van der Waals surface area contributed by atoms with E-state index in [2.05, 4.69) is 31.0 Å². The van der Waals surface area contributed by atoms with Crippen LogP contribution in [0.25, 0.3) is 0 Å². The molecule has 1 rings (SSSR count). The zero-order valence-electron chi connectivity index (χ0n) is 11.7. The zero-order valence-corrected chi connectivity index (χ0v) is 11.7. The molecule has 0 radical (unpaired) electrons. The third kappa shape index (κ3) is 6.06. The second-order valence-electron chi connectivity index (χ2n) is 5.83. The molecule has 0 spiro atoms. The van der Waals surface area contributed by atoms with Crippen molar-refractivity contribution in [1.29, 1.82) is 0 Å². The predicted octanol–water partition coefficient (Wildman–Crippen LogP) is 2.56. The second kappa shape index (κ2) is 7.00. The van der Waals surface area contributed by atoms with Gasteiger partial charge in [-0.15, -0.1) is 0 Å². The van der Waals surface area contributed by atoms with Crippen LogP contribution in [0, 0.1) is 0 Å². The number of carbonyl (C=O) groups excluding carboxylic acids is 1. The summed E-state index contributed by atoms with van der Waals surface area (Å²) in [6.07, 6.45) is 7.45. The Morgan fingerprint density at radius 2 is 1.65 bits per heavy atom. The molecule has 0 aromatic heterocycles. The molecule has 1 heterocycles. The van der Waals surface area contributed by atoms with Gasteiger partial charge >= 0.3 is 0 Å². The summed E-state index contributed by atoms with van der Waals surface area (Å²) in [7, 11) is 0. The van der Waals surface area contributed by atoms with Crippen LogP contribution in [0.15, 0.2) is 0 Å². The fourth-order valence-electron chi connectivity index (χ4n) is 2.18. The smallest absolute Gasteiger partial charge is 0.234 e. The molecule has 1 fully saturated rings. The number of hydrogen-bond acceptors (Lipinski definition) is 2. The molecule has 1 aliphatic heterocycles. The van der Waals surface area contributed by atoms with E-state index in [0.29, 0.717) is 6.54 Å². The Labute approximate surface area is 106 Å². The third-order valence-corrected chi connectivity index (χ3v) is 3.68. The van der Waals surface area contributed by atoms with Gasteiger partial charge in [-0.3, -0.25) is 9.69 Å². The highest BCUT2D eigenvalue weighted by atomic mass is 16.2. The lowest BCUT2D eigenvalue weighted by Gasteiger charge is -2.28. The summed E-state index contributed by atoms with van der Waals surface area (Å²) in [5.74, 6) is 0.178. The number of nitrogens with zero attached hydrogens (tertiary/aromatic N) is 1. The Hall–Kier alpha value is -0.570. The van der Waals surface area contributed by atoms with E-state index in [1.165, 1.54) is 32.1 Å². The Balaban J connectivity index is 2.33. The molecule has 0 atom stereocenters. The minimum absolute atomic E-state index is 0.0696. The van der Waals surface area contributed by atoms with Crippen LogP contribution < -0.4 is 5.32 Å². The molecule has 1 saturated heterocycles. The molecule has 0 aromatic carbocycles. The molecule has 3 heteroatoms. The average Bonchev–Trinajstić information content (AvgIpc) is 2.21. The number of rotatable bonds is 4. The summed E-state index contributed by atoms with van der Waals surface area (Å²) in [4.78, 5) is 14.2. The topological polar surface area (TPSA) is 32.3 Å². The molecule has 0 saturated carbocycles. The SMILES string of the molecule is CCC(C)(C)NC(=O)CN1CCCCCCC1. The molecule has 1 N–H and O–H groups in total. The maximum atomic E-state index is 11.9. The largest absolute Gasteiger partial charge is 0.350 e. The first-order valence-electron chi connectivity index (χ1n) is 7.07. The van der Waals surface area contributed by atoms with Crippen LogP contribution in [-0.4, -0.2) is 36.0 Å². The normalized spacial score (nSPS) is 19.5. The molecule has 0 bridgehead atoms. The average molecular weight is 240 g/mol. The Morgan fingerprint density at radius 1 is 1.12 bits per heavy atom. The van der Waals surface area contributed by atoms with Crippen molar-refractivity contribution < 1.29 is 4.79 Å². The molecular weight excluding hydrogens is 212 g/mol. The maximum absolute atomic E-state index is 11.9. The van der Waals surface area contributed by atoms with Crippen LogP contribution in [0.5, 0.6) is 0 Å². The number of nitrogens with one attached hydrogen (secondary N) is 1. The van der Waals surface area contributed by atoms with Gasteiger partial charge in [0, 0.05) is 5.54 Å². The van der Waals surface area contributed by atoms with Crippen molar-refractivity contribution in [3.8, 4) is 0 Å². The Bertz CT molecular complexity index is 230. The van der Waals surface area contributed by atoms with E-state index in [4.69, 9.17) is 0 Å². The van der Waals surface area contributed by atoms with E-state index in [1.807, 2.05) is 0 Å². The summed E-state index contributed by atoms with van der Waals surface area (Å²) >= 11 is 0. The highest BCUT2D eigenvalue weighted by molar-refractivity contribution is 5.78. The van der Waals surface area contributed by atoms with E-state index in [1.54, 1.807) is 0 Å². The van der Waals surface area contributed by atoms with Crippen LogP contribution >= 0.6 is 0 Å². The highest BCUT2D eigenvalue weighted by Gasteiger charge is 2.19. The maximum Gasteiger partial charge on any atom is 0.234 e. The standard InChI is InChI=1S/C14H28N2O/c1-4-14(2,3)15-13(17)12-16-10-8-6-5-7-9-11-16/h4-12H2,1-3H3,(H,15,17). The fraction of sp³-hybridized carbons (Fsp3) is 0.929. The molecular formula is C14H28N2O. The van der Waals surface area contributed by atoms with Gasteiger partial charge in [0.25, 0.3) is 0 Å². The van der Waals surface area contributed by atoms with Gasteiger partial charge in [-0.05, 0) is 46.2 Å². The number of likely N-dealkylation sites (tertiary alicyclic amines) is 1. The molecule has 100 valence electrons. The van der Waals surface area contributed by atoms with Crippen molar-refractivity contribution in [3.63, 3.8) is 0 Å². The molecule has 17 heavy (non-hydrogen) atoms. The van der Waals surface area contributed by atoms with Crippen LogP contribution in [0.4, 0.5) is 0 Å².